The number of aromatic hydroxyl groups is 2. The van der Waals surface area contributed by atoms with Gasteiger partial charge in [0.25, 0.3) is 0 Å². The fourth-order valence-corrected chi connectivity index (χ4v) is 3.56. The van der Waals surface area contributed by atoms with E-state index in [4.69, 9.17) is 15.4 Å². The highest BCUT2D eigenvalue weighted by atomic mass is 32.2. The van der Waals surface area contributed by atoms with Crippen molar-refractivity contribution in [3.05, 3.63) is 53.1 Å². The first-order valence-corrected chi connectivity index (χ1v) is 8.86. The molecule has 0 radical (unpaired) electrons. The van der Waals surface area contributed by atoms with Gasteiger partial charge in [-0.2, -0.15) is 9.76 Å². The molecular weight excluding hydrogens is 356 g/mol. The van der Waals surface area contributed by atoms with E-state index in [9.17, 15) is 14.4 Å². The summed E-state index contributed by atoms with van der Waals surface area (Å²) < 4.78 is 17.7. The number of phenols is 2. The molecule has 136 valence electrons. The number of amidine groups is 2. The number of rotatable bonds is 6. The van der Waals surface area contributed by atoms with E-state index >= 15 is 0 Å². The summed E-state index contributed by atoms with van der Waals surface area (Å²) in [6.07, 6.45) is 0.346. The van der Waals surface area contributed by atoms with Crippen LogP contribution in [0.4, 0.5) is 0 Å². The summed E-state index contributed by atoms with van der Waals surface area (Å²) in [5, 5.41) is 27.1. The number of aliphatic imine (C=N–C) groups is 1. The van der Waals surface area contributed by atoms with Crippen molar-refractivity contribution in [2.45, 2.75) is 24.3 Å². The second-order valence-corrected chi connectivity index (χ2v) is 6.95. The maximum Gasteiger partial charge on any atom is 0.207 e. The Balaban J connectivity index is 1.68. The highest BCUT2D eigenvalue weighted by molar-refractivity contribution is 7.80. The zero-order valence-electron chi connectivity index (χ0n) is 13.9. The number of nitrogens with two attached hydrogens (primary N) is 1. The van der Waals surface area contributed by atoms with Crippen molar-refractivity contribution in [3.8, 4) is 11.5 Å². The smallest absolute Gasteiger partial charge is 0.207 e. The fraction of sp³-hybridized carbons (Fsp3) is 0.176. The molecule has 2 aromatic rings. The van der Waals surface area contributed by atoms with E-state index in [2.05, 4.69) is 10.5 Å². The predicted octanol–water partition coefficient (Wildman–Crippen LogP) is 1.32. The number of fused-ring (bicyclic) bond motifs is 1. The molecule has 2 atom stereocenters. The lowest BCUT2D eigenvalue weighted by molar-refractivity contribution is 0.183. The van der Waals surface area contributed by atoms with Gasteiger partial charge in [0.15, 0.2) is 5.84 Å². The van der Waals surface area contributed by atoms with Gasteiger partial charge >= 0.3 is 0 Å². The summed E-state index contributed by atoms with van der Waals surface area (Å²) in [6.45, 7) is 1.78. The molecular formula is C17H18N4O4S. The molecule has 0 saturated heterocycles. The van der Waals surface area contributed by atoms with Gasteiger partial charge in [-0.1, -0.05) is 12.1 Å². The summed E-state index contributed by atoms with van der Waals surface area (Å²) >= 11 is -1.87. The van der Waals surface area contributed by atoms with Crippen LogP contribution in [0.3, 0.4) is 0 Å². The first-order valence-electron chi connectivity index (χ1n) is 7.78. The van der Waals surface area contributed by atoms with Gasteiger partial charge in [0.05, 0.1) is 4.90 Å². The first-order chi connectivity index (χ1) is 12.4. The Labute approximate surface area is 152 Å². The van der Waals surface area contributed by atoms with E-state index in [1.54, 1.807) is 25.1 Å². The minimum absolute atomic E-state index is 0.0250. The van der Waals surface area contributed by atoms with Crippen LogP contribution in [-0.2, 0) is 21.8 Å². The molecule has 1 aliphatic rings. The Kier molecular flexibility index (Phi) is 5.03. The van der Waals surface area contributed by atoms with E-state index in [0.717, 1.165) is 0 Å². The van der Waals surface area contributed by atoms with Crippen LogP contribution in [-0.4, -0.2) is 32.1 Å². The summed E-state index contributed by atoms with van der Waals surface area (Å²) in [7, 11) is 0. The topological polar surface area (TPSA) is 141 Å². The van der Waals surface area contributed by atoms with Gasteiger partial charge in [-0.3, -0.25) is 5.41 Å². The fourth-order valence-electron chi connectivity index (χ4n) is 2.65. The van der Waals surface area contributed by atoms with Crippen molar-refractivity contribution in [3.63, 3.8) is 0 Å². The zero-order valence-corrected chi connectivity index (χ0v) is 14.7. The zero-order chi connectivity index (χ0) is 18.8. The molecule has 8 nitrogen and oxygen atoms in total. The molecule has 0 saturated carbocycles. The SMILES string of the molecule is CC(Cc1cc(O)ccc1O)NOS(=O)c1cccc2c1C(N)=NC2=N. The van der Waals surface area contributed by atoms with Crippen LogP contribution in [0.25, 0.3) is 0 Å². The van der Waals surface area contributed by atoms with Gasteiger partial charge in [-0.15, -0.1) is 0 Å². The van der Waals surface area contributed by atoms with Gasteiger partial charge in [0, 0.05) is 17.2 Å². The van der Waals surface area contributed by atoms with Crippen LogP contribution < -0.4 is 11.2 Å². The highest BCUT2D eigenvalue weighted by Crippen LogP contribution is 2.25. The number of hydrogen-bond donors (Lipinski definition) is 5. The van der Waals surface area contributed by atoms with E-state index in [1.165, 1.54) is 18.2 Å². The number of nitrogens with one attached hydrogen (secondary N) is 2. The third-order valence-corrected chi connectivity index (χ3v) is 4.81. The van der Waals surface area contributed by atoms with Crippen molar-refractivity contribution in [1.29, 1.82) is 5.41 Å². The van der Waals surface area contributed by atoms with Crippen molar-refractivity contribution in [2.75, 3.05) is 0 Å². The normalized spacial score (nSPS) is 15.4. The molecule has 6 N–H and O–H groups in total. The van der Waals surface area contributed by atoms with E-state index < -0.39 is 11.1 Å². The molecule has 1 heterocycles. The molecule has 9 heteroatoms. The number of hydroxylamine groups is 1. The van der Waals surface area contributed by atoms with Crippen LogP contribution in [0, 0.1) is 5.41 Å². The molecule has 0 bridgehead atoms. The van der Waals surface area contributed by atoms with Gasteiger partial charge < -0.3 is 15.9 Å². The summed E-state index contributed by atoms with van der Waals surface area (Å²) in [6, 6.07) is 8.89. The Hall–Kier alpha value is -2.75. The summed E-state index contributed by atoms with van der Waals surface area (Å²) in [4.78, 5) is 4.21. The maximum absolute atomic E-state index is 12.5. The molecule has 3 rings (SSSR count). The van der Waals surface area contributed by atoms with Crippen LogP contribution in [0.2, 0.25) is 0 Å². The molecule has 1 aliphatic heterocycles. The van der Waals surface area contributed by atoms with Gasteiger partial charge in [0.2, 0.25) is 11.1 Å². The van der Waals surface area contributed by atoms with Gasteiger partial charge in [-0.25, -0.2) is 9.20 Å². The molecule has 2 aromatic carbocycles. The van der Waals surface area contributed by atoms with Crippen molar-refractivity contribution < 1.29 is 18.7 Å². The third-order valence-electron chi connectivity index (χ3n) is 3.86. The van der Waals surface area contributed by atoms with Crippen molar-refractivity contribution in [1.82, 2.24) is 5.48 Å². The lowest BCUT2D eigenvalue weighted by Crippen LogP contribution is -2.29. The average Bonchev–Trinajstić information content (AvgIpc) is 2.90. The van der Waals surface area contributed by atoms with Gasteiger partial charge in [0.1, 0.15) is 17.3 Å². The van der Waals surface area contributed by atoms with E-state index in [-0.39, 0.29) is 29.2 Å². The molecule has 0 aromatic heterocycles. The molecule has 0 amide bonds. The second kappa shape index (κ2) is 7.24. The summed E-state index contributed by atoms with van der Waals surface area (Å²) in [5.41, 5.74) is 9.96. The monoisotopic (exact) mass is 374 g/mol. The minimum Gasteiger partial charge on any atom is -0.508 e. The summed E-state index contributed by atoms with van der Waals surface area (Å²) in [5.74, 6) is 0.264. The molecule has 0 aliphatic carbocycles. The Morgan fingerprint density at radius 1 is 1.35 bits per heavy atom. The third kappa shape index (κ3) is 3.59. The average molecular weight is 374 g/mol. The molecule has 2 unspecified atom stereocenters. The Morgan fingerprint density at radius 2 is 2.12 bits per heavy atom. The van der Waals surface area contributed by atoms with Crippen molar-refractivity contribution in [2.24, 2.45) is 10.7 Å². The van der Waals surface area contributed by atoms with Crippen LogP contribution in [0.15, 0.2) is 46.3 Å². The van der Waals surface area contributed by atoms with E-state index in [1.807, 2.05) is 0 Å². The maximum atomic E-state index is 12.5. The molecule has 0 fully saturated rings. The standard InChI is InChI=1S/C17H18N4O4S/c1-9(7-10-8-11(22)5-6-13(10)23)21-25-26(24)14-4-2-3-12-15(14)17(19)20-16(12)18/h2-6,8-9,21-23H,7H2,1H3,(H3,18,19,20). The predicted molar refractivity (Wildman–Crippen MR) is 97.6 cm³/mol. The van der Waals surface area contributed by atoms with E-state index in [0.29, 0.717) is 28.0 Å². The molecule has 0 spiro atoms. The highest BCUT2D eigenvalue weighted by Gasteiger charge is 2.25. The number of nitrogens with zero attached hydrogens (tertiary/aromatic N) is 1. The van der Waals surface area contributed by atoms with Crippen LogP contribution >= 0.6 is 0 Å². The first kappa shape index (κ1) is 18.1. The second-order valence-electron chi connectivity index (χ2n) is 5.88. The number of hydrogen-bond acceptors (Lipinski definition) is 7. The van der Waals surface area contributed by atoms with Crippen molar-refractivity contribution >= 4 is 22.8 Å². The number of benzene rings is 2. The van der Waals surface area contributed by atoms with Gasteiger partial charge in [-0.05, 0) is 43.2 Å². The Morgan fingerprint density at radius 3 is 2.88 bits per heavy atom. The van der Waals surface area contributed by atoms with Crippen LogP contribution in [0.5, 0.6) is 11.5 Å². The quantitative estimate of drug-likeness (QED) is 0.381. The molecule has 26 heavy (non-hydrogen) atoms. The largest absolute Gasteiger partial charge is 0.508 e. The lowest BCUT2D eigenvalue weighted by atomic mass is 10.1. The minimum atomic E-state index is -1.87. The van der Waals surface area contributed by atoms with Crippen LogP contribution in [0.1, 0.15) is 23.6 Å². The number of phenolic OH excluding ortho intramolecular Hbond substituents is 2. The Bertz CT molecular complexity index is 929. The lowest BCUT2D eigenvalue weighted by Gasteiger charge is -2.15.